The van der Waals surface area contributed by atoms with E-state index in [-0.39, 0.29) is 5.91 Å². The lowest BCUT2D eigenvalue weighted by atomic mass is 10.1. The van der Waals surface area contributed by atoms with Gasteiger partial charge in [0.2, 0.25) is 0 Å². The standard InChI is InChI=1S/C17H22N4O/c1-4-13-7-9-14(10-8-13)18-16-12-11-15(19-20-16)17(22)21(5-2)6-3/h7-12H,4-6H2,1-3H3,(H,18,20). The van der Waals surface area contributed by atoms with Crippen molar-refractivity contribution in [3.8, 4) is 0 Å². The Kier molecular flexibility index (Phi) is 5.47. The summed E-state index contributed by atoms with van der Waals surface area (Å²) in [4.78, 5) is 13.9. The van der Waals surface area contributed by atoms with Crippen molar-refractivity contribution in [2.24, 2.45) is 0 Å². The molecule has 22 heavy (non-hydrogen) atoms. The average Bonchev–Trinajstić information content (AvgIpc) is 2.57. The summed E-state index contributed by atoms with van der Waals surface area (Å²) in [5.74, 6) is 0.539. The molecule has 0 aliphatic carbocycles. The van der Waals surface area contributed by atoms with Gasteiger partial charge in [-0.1, -0.05) is 19.1 Å². The van der Waals surface area contributed by atoms with Gasteiger partial charge in [0.1, 0.15) is 0 Å². The molecule has 2 rings (SSSR count). The third-order valence-electron chi connectivity index (χ3n) is 3.57. The van der Waals surface area contributed by atoms with Crippen LogP contribution in [0.15, 0.2) is 36.4 Å². The Balaban J connectivity index is 2.06. The van der Waals surface area contributed by atoms with Crippen molar-refractivity contribution in [1.29, 1.82) is 0 Å². The van der Waals surface area contributed by atoms with Crippen LogP contribution in [0, 0.1) is 0 Å². The number of hydrogen-bond acceptors (Lipinski definition) is 4. The first kappa shape index (κ1) is 15.9. The lowest BCUT2D eigenvalue weighted by Gasteiger charge is -2.17. The van der Waals surface area contributed by atoms with Crippen molar-refractivity contribution < 1.29 is 4.79 Å². The molecule has 0 bridgehead atoms. The molecule has 1 heterocycles. The molecule has 1 amide bonds. The third kappa shape index (κ3) is 3.81. The van der Waals surface area contributed by atoms with Crippen molar-refractivity contribution >= 4 is 17.4 Å². The summed E-state index contributed by atoms with van der Waals surface area (Å²) in [6.45, 7) is 7.36. The molecular formula is C17H22N4O. The highest BCUT2D eigenvalue weighted by Crippen LogP contribution is 2.15. The van der Waals surface area contributed by atoms with Crippen LogP contribution in [-0.4, -0.2) is 34.1 Å². The zero-order valence-corrected chi connectivity index (χ0v) is 13.3. The summed E-state index contributed by atoms with van der Waals surface area (Å²) >= 11 is 0. The fourth-order valence-electron chi connectivity index (χ4n) is 2.16. The van der Waals surface area contributed by atoms with Gasteiger partial charge in [-0.05, 0) is 50.1 Å². The summed E-state index contributed by atoms with van der Waals surface area (Å²) < 4.78 is 0. The number of aromatic nitrogens is 2. The fraction of sp³-hybridized carbons (Fsp3) is 0.353. The Morgan fingerprint density at radius 1 is 1.00 bits per heavy atom. The maximum Gasteiger partial charge on any atom is 0.274 e. The number of nitrogens with one attached hydrogen (secondary N) is 1. The first-order valence-electron chi connectivity index (χ1n) is 7.66. The molecular weight excluding hydrogens is 276 g/mol. The minimum absolute atomic E-state index is 0.0867. The number of nitrogens with zero attached hydrogens (tertiary/aromatic N) is 3. The van der Waals surface area contributed by atoms with Crippen molar-refractivity contribution in [2.45, 2.75) is 27.2 Å². The van der Waals surface area contributed by atoms with Gasteiger partial charge in [0, 0.05) is 18.8 Å². The molecule has 0 atom stereocenters. The van der Waals surface area contributed by atoms with E-state index in [0.717, 1.165) is 12.1 Å². The van der Waals surface area contributed by atoms with E-state index in [0.29, 0.717) is 24.6 Å². The van der Waals surface area contributed by atoms with Crippen LogP contribution >= 0.6 is 0 Å². The number of carbonyl (C=O) groups is 1. The van der Waals surface area contributed by atoms with Gasteiger partial charge in [-0.15, -0.1) is 10.2 Å². The predicted octanol–water partition coefficient (Wildman–Crippen LogP) is 3.26. The molecule has 0 saturated heterocycles. The smallest absolute Gasteiger partial charge is 0.274 e. The Hall–Kier alpha value is -2.43. The fourth-order valence-corrected chi connectivity index (χ4v) is 2.16. The highest BCUT2D eigenvalue weighted by Gasteiger charge is 2.14. The number of hydrogen-bond donors (Lipinski definition) is 1. The monoisotopic (exact) mass is 298 g/mol. The molecule has 5 nitrogen and oxygen atoms in total. The van der Waals surface area contributed by atoms with E-state index in [2.05, 4.69) is 34.6 Å². The molecule has 116 valence electrons. The lowest BCUT2D eigenvalue weighted by molar-refractivity contribution is 0.0766. The van der Waals surface area contributed by atoms with Crippen LogP contribution < -0.4 is 5.32 Å². The number of carbonyl (C=O) groups excluding carboxylic acids is 1. The van der Waals surface area contributed by atoms with Crippen molar-refractivity contribution in [3.63, 3.8) is 0 Å². The number of benzene rings is 1. The van der Waals surface area contributed by atoms with Gasteiger partial charge < -0.3 is 10.2 Å². The maximum absolute atomic E-state index is 12.2. The molecule has 0 radical (unpaired) electrons. The highest BCUT2D eigenvalue weighted by atomic mass is 16.2. The Morgan fingerprint density at radius 2 is 1.68 bits per heavy atom. The molecule has 1 aromatic carbocycles. The molecule has 1 aromatic heterocycles. The van der Waals surface area contributed by atoms with Crippen LogP contribution in [0.25, 0.3) is 0 Å². The molecule has 0 spiro atoms. The zero-order chi connectivity index (χ0) is 15.9. The van der Waals surface area contributed by atoms with Gasteiger partial charge in [0.15, 0.2) is 11.5 Å². The average molecular weight is 298 g/mol. The predicted molar refractivity (Wildman–Crippen MR) is 88.4 cm³/mol. The summed E-state index contributed by atoms with van der Waals surface area (Å²) in [5, 5.41) is 11.3. The van der Waals surface area contributed by atoms with E-state index in [9.17, 15) is 4.79 Å². The van der Waals surface area contributed by atoms with Crippen LogP contribution in [0.4, 0.5) is 11.5 Å². The van der Waals surface area contributed by atoms with E-state index in [1.165, 1.54) is 5.56 Å². The first-order chi connectivity index (χ1) is 10.7. The molecule has 1 N–H and O–H groups in total. The second kappa shape index (κ2) is 7.54. The van der Waals surface area contributed by atoms with Crippen LogP contribution in [0.2, 0.25) is 0 Å². The van der Waals surface area contributed by atoms with Crippen molar-refractivity contribution in [3.05, 3.63) is 47.7 Å². The SMILES string of the molecule is CCc1ccc(Nc2ccc(C(=O)N(CC)CC)nn2)cc1. The summed E-state index contributed by atoms with van der Waals surface area (Å²) in [5.41, 5.74) is 2.61. The van der Waals surface area contributed by atoms with Crippen molar-refractivity contribution in [1.82, 2.24) is 15.1 Å². The Labute approximate surface area is 131 Å². The summed E-state index contributed by atoms with van der Waals surface area (Å²) in [7, 11) is 0. The largest absolute Gasteiger partial charge is 0.339 e. The normalized spacial score (nSPS) is 10.3. The number of rotatable bonds is 6. The highest BCUT2D eigenvalue weighted by molar-refractivity contribution is 5.92. The van der Waals surface area contributed by atoms with Gasteiger partial charge in [0.05, 0.1) is 0 Å². The van der Waals surface area contributed by atoms with Gasteiger partial charge in [-0.25, -0.2) is 0 Å². The van der Waals surface area contributed by atoms with Gasteiger partial charge in [-0.3, -0.25) is 4.79 Å². The summed E-state index contributed by atoms with van der Waals surface area (Å²) in [6.07, 6.45) is 1.02. The number of aryl methyl sites for hydroxylation is 1. The molecule has 2 aromatic rings. The first-order valence-corrected chi connectivity index (χ1v) is 7.66. The second-order valence-corrected chi connectivity index (χ2v) is 4.96. The quantitative estimate of drug-likeness (QED) is 0.889. The number of amides is 1. The van der Waals surface area contributed by atoms with E-state index >= 15 is 0 Å². The van der Waals surface area contributed by atoms with Gasteiger partial charge >= 0.3 is 0 Å². The zero-order valence-electron chi connectivity index (χ0n) is 13.3. The Bertz CT molecular complexity index is 604. The van der Waals surface area contributed by atoms with E-state index in [1.54, 1.807) is 17.0 Å². The van der Waals surface area contributed by atoms with Crippen LogP contribution in [0.1, 0.15) is 36.8 Å². The van der Waals surface area contributed by atoms with Crippen LogP contribution in [0.5, 0.6) is 0 Å². The molecule has 5 heteroatoms. The molecule has 0 fully saturated rings. The van der Waals surface area contributed by atoms with Crippen LogP contribution in [0.3, 0.4) is 0 Å². The Morgan fingerprint density at radius 3 is 2.18 bits per heavy atom. The lowest BCUT2D eigenvalue weighted by Crippen LogP contribution is -2.31. The van der Waals surface area contributed by atoms with Crippen molar-refractivity contribution in [2.75, 3.05) is 18.4 Å². The maximum atomic E-state index is 12.2. The van der Waals surface area contributed by atoms with Gasteiger partial charge in [-0.2, -0.15) is 0 Å². The summed E-state index contributed by atoms with van der Waals surface area (Å²) in [6, 6.07) is 11.7. The molecule has 0 saturated carbocycles. The van der Waals surface area contributed by atoms with E-state index in [1.807, 2.05) is 26.0 Å². The third-order valence-corrected chi connectivity index (χ3v) is 3.57. The minimum Gasteiger partial charge on any atom is -0.339 e. The second-order valence-electron chi connectivity index (χ2n) is 4.96. The molecule has 0 aliphatic rings. The van der Waals surface area contributed by atoms with E-state index < -0.39 is 0 Å². The molecule has 0 aliphatic heterocycles. The molecule has 0 unspecified atom stereocenters. The topological polar surface area (TPSA) is 58.1 Å². The minimum atomic E-state index is -0.0867. The van der Waals surface area contributed by atoms with Gasteiger partial charge in [0.25, 0.3) is 5.91 Å². The van der Waals surface area contributed by atoms with E-state index in [4.69, 9.17) is 0 Å². The number of anilines is 2. The van der Waals surface area contributed by atoms with Crippen LogP contribution in [-0.2, 0) is 6.42 Å².